The van der Waals surface area contributed by atoms with E-state index in [1.54, 1.807) is 13.3 Å². The van der Waals surface area contributed by atoms with Crippen molar-refractivity contribution in [2.24, 2.45) is 0 Å². The van der Waals surface area contributed by atoms with E-state index >= 15 is 0 Å². The Hall–Kier alpha value is -1.49. The minimum atomic E-state index is 0.303. The zero-order valence-corrected chi connectivity index (χ0v) is 12.1. The highest BCUT2D eigenvalue weighted by Crippen LogP contribution is 2.40. The van der Waals surface area contributed by atoms with Gasteiger partial charge in [-0.2, -0.15) is 0 Å². The van der Waals surface area contributed by atoms with E-state index in [1.165, 1.54) is 0 Å². The molecule has 0 fully saturated rings. The zero-order chi connectivity index (χ0) is 13.3. The molecule has 0 unspecified atom stereocenters. The lowest BCUT2D eigenvalue weighted by molar-refractivity contribution is 0.407. The molecule has 4 nitrogen and oxygen atoms in total. The van der Waals surface area contributed by atoms with Crippen LogP contribution in [-0.4, -0.2) is 12.3 Å². The Bertz CT molecular complexity index is 564. The fraction of sp³-hybridized carbons (Fsp3) is 0.308. The highest BCUT2D eigenvalue weighted by Gasteiger charge is 2.19. The third-order valence-electron chi connectivity index (χ3n) is 2.79. The Kier molecular flexibility index (Phi) is 3.61. The second kappa shape index (κ2) is 5.02. The first kappa shape index (κ1) is 13.0. The van der Waals surface area contributed by atoms with E-state index in [2.05, 4.69) is 34.9 Å². The molecule has 1 aromatic carbocycles. The molecule has 0 aliphatic heterocycles. The molecule has 1 heterocycles. The highest BCUT2D eigenvalue weighted by molar-refractivity contribution is 9.10. The predicted octanol–water partition coefficient (Wildman–Crippen LogP) is 3.82. The number of hydrogen-bond donors (Lipinski definition) is 1. The molecule has 0 saturated carbocycles. The summed E-state index contributed by atoms with van der Waals surface area (Å²) < 4.78 is 11.3. The van der Waals surface area contributed by atoms with Crippen molar-refractivity contribution in [1.82, 2.24) is 5.16 Å². The summed E-state index contributed by atoms with van der Waals surface area (Å²) in [5.41, 5.74) is 8.66. The Morgan fingerprint density at radius 2 is 2.06 bits per heavy atom. The first-order valence-electron chi connectivity index (χ1n) is 5.62. The van der Waals surface area contributed by atoms with Crippen LogP contribution >= 0.6 is 15.9 Å². The lowest BCUT2D eigenvalue weighted by atomic mass is 9.93. The first-order chi connectivity index (χ1) is 8.54. The van der Waals surface area contributed by atoms with E-state index < -0.39 is 0 Å². The monoisotopic (exact) mass is 310 g/mol. The molecule has 18 heavy (non-hydrogen) atoms. The van der Waals surface area contributed by atoms with E-state index in [0.29, 0.717) is 11.8 Å². The van der Waals surface area contributed by atoms with Crippen LogP contribution in [0, 0.1) is 0 Å². The van der Waals surface area contributed by atoms with Crippen LogP contribution in [0.25, 0.3) is 11.1 Å². The van der Waals surface area contributed by atoms with Crippen molar-refractivity contribution in [2.75, 3.05) is 12.8 Å². The summed E-state index contributed by atoms with van der Waals surface area (Å²) in [5.74, 6) is 1.45. The van der Waals surface area contributed by atoms with Gasteiger partial charge < -0.3 is 15.0 Å². The summed E-state index contributed by atoms with van der Waals surface area (Å²) in [4.78, 5) is 0. The van der Waals surface area contributed by atoms with Gasteiger partial charge in [-0.1, -0.05) is 34.9 Å². The summed E-state index contributed by atoms with van der Waals surface area (Å²) >= 11 is 3.48. The smallest absolute Gasteiger partial charge is 0.229 e. The number of ether oxygens (including phenoxy) is 1. The topological polar surface area (TPSA) is 61.3 Å². The maximum Gasteiger partial charge on any atom is 0.229 e. The molecule has 0 spiro atoms. The second-order valence-corrected chi connectivity index (χ2v) is 5.24. The van der Waals surface area contributed by atoms with Gasteiger partial charge >= 0.3 is 0 Å². The van der Waals surface area contributed by atoms with Crippen molar-refractivity contribution < 1.29 is 9.26 Å². The number of halogens is 1. The lowest BCUT2D eigenvalue weighted by Gasteiger charge is -2.17. The summed E-state index contributed by atoms with van der Waals surface area (Å²) in [5, 5.41) is 3.73. The Labute approximate surface area is 114 Å². The van der Waals surface area contributed by atoms with Crippen LogP contribution in [-0.2, 0) is 0 Å². The zero-order valence-electron chi connectivity index (χ0n) is 10.5. The van der Waals surface area contributed by atoms with Gasteiger partial charge in [0.25, 0.3) is 0 Å². The van der Waals surface area contributed by atoms with Gasteiger partial charge in [0.2, 0.25) is 5.88 Å². The Balaban J connectivity index is 2.73. The van der Waals surface area contributed by atoms with Gasteiger partial charge in [0.1, 0.15) is 5.75 Å². The number of methoxy groups -OCH3 is 1. The van der Waals surface area contributed by atoms with E-state index in [4.69, 9.17) is 15.0 Å². The normalized spacial score (nSPS) is 10.9. The fourth-order valence-electron chi connectivity index (χ4n) is 2.03. The molecule has 0 amide bonds. The number of nitrogen functional groups attached to an aromatic ring is 1. The van der Waals surface area contributed by atoms with Gasteiger partial charge in [-0.3, -0.25) is 0 Å². The molecule has 0 aliphatic carbocycles. The lowest BCUT2D eigenvalue weighted by Crippen LogP contribution is -1.99. The van der Waals surface area contributed by atoms with Gasteiger partial charge in [-0.15, -0.1) is 0 Å². The molecule has 96 valence electrons. The van der Waals surface area contributed by atoms with E-state index in [0.717, 1.165) is 26.9 Å². The maximum absolute atomic E-state index is 5.80. The quantitative estimate of drug-likeness (QED) is 0.936. The third-order valence-corrected chi connectivity index (χ3v) is 3.25. The van der Waals surface area contributed by atoms with Crippen LogP contribution in [0.2, 0.25) is 0 Å². The van der Waals surface area contributed by atoms with Gasteiger partial charge in [0, 0.05) is 10.0 Å². The van der Waals surface area contributed by atoms with Crippen molar-refractivity contribution in [1.29, 1.82) is 0 Å². The van der Waals surface area contributed by atoms with Crippen molar-refractivity contribution in [3.8, 4) is 16.9 Å². The molecular formula is C13H15BrN2O2. The van der Waals surface area contributed by atoms with Crippen LogP contribution in [0.4, 0.5) is 5.88 Å². The van der Waals surface area contributed by atoms with Crippen LogP contribution in [0.3, 0.4) is 0 Å². The molecule has 0 aliphatic rings. The molecule has 5 heteroatoms. The van der Waals surface area contributed by atoms with Crippen molar-refractivity contribution in [3.63, 3.8) is 0 Å². The SMILES string of the molecule is COc1cc(Br)cc(-c2cnoc2N)c1C(C)C. The van der Waals surface area contributed by atoms with Crippen LogP contribution in [0.15, 0.2) is 27.3 Å². The number of aromatic nitrogens is 1. The van der Waals surface area contributed by atoms with Gasteiger partial charge in [0.05, 0.1) is 18.9 Å². The largest absolute Gasteiger partial charge is 0.496 e. The molecule has 0 radical (unpaired) electrons. The molecule has 1 aromatic heterocycles. The number of anilines is 1. The number of nitrogens with zero attached hydrogens (tertiary/aromatic N) is 1. The number of hydrogen-bond acceptors (Lipinski definition) is 4. The van der Waals surface area contributed by atoms with Crippen molar-refractivity contribution >= 4 is 21.8 Å². The molecular weight excluding hydrogens is 296 g/mol. The third kappa shape index (κ3) is 2.22. The molecule has 0 bridgehead atoms. The molecule has 0 atom stereocenters. The summed E-state index contributed by atoms with van der Waals surface area (Å²) in [7, 11) is 1.66. The van der Waals surface area contributed by atoms with E-state index in [9.17, 15) is 0 Å². The summed E-state index contributed by atoms with van der Waals surface area (Å²) in [6.45, 7) is 4.22. The minimum Gasteiger partial charge on any atom is -0.496 e. The fourth-order valence-corrected chi connectivity index (χ4v) is 2.47. The van der Waals surface area contributed by atoms with Crippen molar-refractivity contribution in [2.45, 2.75) is 19.8 Å². The number of benzene rings is 1. The van der Waals surface area contributed by atoms with Crippen LogP contribution in [0.1, 0.15) is 25.3 Å². The van der Waals surface area contributed by atoms with Crippen molar-refractivity contribution in [3.05, 3.63) is 28.4 Å². The van der Waals surface area contributed by atoms with Gasteiger partial charge in [-0.05, 0) is 23.6 Å². The average Bonchev–Trinajstić information content (AvgIpc) is 2.73. The van der Waals surface area contributed by atoms with E-state index in [-0.39, 0.29) is 0 Å². The van der Waals surface area contributed by atoms with Crippen LogP contribution < -0.4 is 10.5 Å². The molecule has 2 rings (SSSR count). The molecule has 2 aromatic rings. The number of rotatable bonds is 3. The standard InChI is InChI=1S/C13H15BrN2O2/c1-7(2)12-9(10-6-16-18-13(10)15)4-8(14)5-11(12)17-3/h4-7H,15H2,1-3H3. The first-order valence-corrected chi connectivity index (χ1v) is 6.41. The second-order valence-electron chi connectivity index (χ2n) is 4.33. The highest BCUT2D eigenvalue weighted by atomic mass is 79.9. The van der Waals surface area contributed by atoms with Gasteiger partial charge in [0.15, 0.2) is 0 Å². The predicted molar refractivity (Wildman–Crippen MR) is 74.7 cm³/mol. The van der Waals surface area contributed by atoms with E-state index in [1.807, 2.05) is 12.1 Å². The summed E-state index contributed by atoms with van der Waals surface area (Å²) in [6.07, 6.45) is 1.63. The minimum absolute atomic E-state index is 0.303. The number of nitrogens with two attached hydrogens (primary N) is 1. The molecule has 0 saturated heterocycles. The van der Waals surface area contributed by atoms with Gasteiger partial charge in [-0.25, -0.2) is 0 Å². The van der Waals surface area contributed by atoms with Crippen LogP contribution in [0.5, 0.6) is 5.75 Å². The summed E-state index contributed by atoms with van der Waals surface area (Å²) in [6, 6.07) is 3.95. The maximum atomic E-state index is 5.80. The average molecular weight is 311 g/mol. The Morgan fingerprint density at radius 3 is 2.56 bits per heavy atom. The Morgan fingerprint density at radius 1 is 1.33 bits per heavy atom. The molecule has 2 N–H and O–H groups in total.